The van der Waals surface area contributed by atoms with Gasteiger partial charge >= 0.3 is 18.2 Å². The van der Waals surface area contributed by atoms with E-state index in [4.69, 9.17) is 9.47 Å². The molecule has 0 radical (unpaired) electrons. The van der Waals surface area contributed by atoms with Crippen LogP contribution in [0.15, 0.2) is 30.5 Å². The average Bonchev–Trinajstić information content (AvgIpc) is 2.96. The van der Waals surface area contributed by atoms with Crippen molar-refractivity contribution in [3.05, 3.63) is 40.6 Å². The summed E-state index contributed by atoms with van der Waals surface area (Å²) in [6.07, 6.45) is -2.94. The molecule has 8 nitrogen and oxygen atoms in total. The Morgan fingerprint density at radius 2 is 2.00 bits per heavy atom. The van der Waals surface area contributed by atoms with Gasteiger partial charge in [0.25, 0.3) is 0 Å². The number of fused-ring (bicyclic) bond motifs is 1. The van der Waals surface area contributed by atoms with Gasteiger partial charge in [0, 0.05) is 17.9 Å². The summed E-state index contributed by atoms with van der Waals surface area (Å²) in [6.45, 7) is 2.32. The first-order valence-electron chi connectivity index (χ1n) is 7.53. The molecule has 0 saturated carbocycles. The Balaban J connectivity index is 1.61. The summed E-state index contributed by atoms with van der Waals surface area (Å²) in [5, 5.41) is 10.8. The largest absolute Gasteiger partial charge is 0.573 e. The molecular formula is C15H14F3N3O5. The molecule has 0 fully saturated rings. The van der Waals surface area contributed by atoms with Gasteiger partial charge in [-0.25, -0.2) is 0 Å². The zero-order valence-corrected chi connectivity index (χ0v) is 13.5. The fourth-order valence-corrected chi connectivity index (χ4v) is 2.42. The molecule has 2 aromatic rings. The Bertz CT molecular complexity index is 806. The van der Waals surface area contributed by atoms with Gasteiger partial charge in [0.05, 0.1) is 0 Å². The number of halogens is 3. The van der Waals surface area contributed by atoms with Crippen LogP contribution in [-0.4, -0.2) is 33.0 Å². The molecule has 1 atom stereocenters. The maximum Gasteiger partial charge on any atom is 0.573 e. The summed E-state index contributed by atoms with van der Waals surface area (Å²) in [6, 6.07) is 5.10. The zero-order chi connectivity index (χ0) is 18.9. The molecule has 3 rings (SSSR count). The van der Waals surface area contributed by atoms with Crippen LogP contribution in [0.25, 0.3) is 0 Å². The predicted octanol–water partition coefficient (Wildman–Crippen LogP) is 3.31. The lowest BCUT2D eigenvalue weighted by Crippen LogP contribution is -2.43. The maximum atomic E-state index is 12.1. The van der Waals surface area contributed by atoms with E-state index in [1.165, 1.54) is 18.3 Å². The van der Waals surface area contributed by atoms with Crippen molar-refractivity contribution < 1.29 is 32.3 Å². The van der Waals surface area contributed by atoms with Gasteiger partial charge in [-0.1, -0.05) is 0 Å². The van der Waals surface area contributed by atoms with Crippen molar-refractivity contribution in [2.24, 2.45) is 0 Å². The second kappa shape index (κ2) is 6.39. The van der Waals surface area contributed by atoms with Gasteiger partial charge in [0.1, 0.15) is 29.9 Å². The van der Waals surface area contributed by atoms with Gasteiger partial charge in [-0.05, 0) is 36.1 Å². The van der Waals surface area contributed by atoms with Crippen molar-refractivity contribution in [3.8, 4) is 17.5 Å². The molecule has 26 heavy (non-hydrogen) atoms. The van der Waals surface area contributed by atoms with Gasteiger partial charge < -0.3 is 24.3 Å². The van der Waals surface area contributed by atoms with E-state index in [9.17, 15) is 23.3 Å². The van der Waals surface area contributed by atoms with Crippen molar-refractivity contribution in [2.45, 2.75) is 31.9 Å². The minimum atomic E-state index is -4.75. The Hall–Kier alpha value is -2.98. The first-order valence-corrected chi connectivity index (χ1v) is 7.53. The monoisotopic (exact) mass is 373 g/mol. The molecule has 1 aliphatic rings. The molecule has 0 aliphatic carbocycles. The topological polar surface area (TPSA) is 88.7 Å². The van der Waals surface area contributed by atoms with Crippen molar-refractivity contribution in [1.82, 2.24) is 9.55 Å². The first-order chi connectivity index (χ1) is 12.1. The summed E-state index contributed by atoms with van der Waals surface area (Å²) in [7, 11) is 0. The molecule has 11 heteroatoms. The second-order valence-electron chi connectivity index (χ2n) is 5.94. The van der Waals surface area contributed by atoms with Gasteiger partial charge in [-0.2, -0.15) is 0 Å². The third-order valence-electron chi connectivity index (χ3n) is 3.73. The number of nitrogens with zero attached hydrogens (tertiary/aromatic N) is 3. The predicted molar refractivity (Wildman–Crippen MR) is 81.2 cm³/mol. The fraction of sp³-hybridized carbons (Fsp3) is 0.400. The molecule has 1 aromatic heterocycles. The number of alkyl halides is 3. The lowest BCUT2D eigenvalue weighted by atomic mass is 10.0. The fourth-order valence-electron chi connectivity index (χ4n) is 2.42. The molecule has 0 N–H and O–H groups in total. The number of rotatable bonds is 5. The van der Waals surface area contributed by atoms with E-state index in [2.05, 4.69) is 9.72 Å². The van der Waals surface area contributed by atoms with Crippen molar-refractivity contribution in [1.29, 1.82) is 0 Å². The highest BCUT2D eigenvalue weighted by molar-refractivity contribution is 5.31. The quantitative estimate of drug-likeness (QED) is 0.590. The highest BCUT2D eigenvalue weighted by Gasteiger charge is 2.37. The van der Waals surface area contributed by atoms with E-state index < -0.39 is 16.9 Å². The normalized spacial score (nSPS) is 19.4. The number of imidazole rings is 1. The minimum Gasteiger partial charge on any atom is -0.489 e. The number of hydrogen-bond donors (Lipinski definition) is 0. The molecule has 0 spiro atoms. The summed E-state index contributed by atoms with van der Waals surface area (Å²) < 4.78 is 53.0. The third kappa shape index (κ3) is 4.16. The molecular weight excluding hydrogens is 359 g/mol. The summed E-state index contributed by atoms with van der Waals surface area (Å²) in [4.78, 5) is 14.0. The summed E-state index contributed by atoms with van der Waals surface area (Å²) in [5.74, 6) is -0.311. The van der Waals surface area contributed by atoms with E-state index in [1.807, 2.05) is 0 Å². The smallest absolute Gasteiger partial charge is 0.489 e. The van der Waals surface area contributed by atoms with Crippen molar-refractivity contribution in [2.75, 3.05) is 6.61 Å². The molecule has 140 valence electrons. The van der Waals surface area contributed by atoms with E-state index in [0.29, 0.717) is 18.7 Å². The average molecular weight is 373 g/mol. The van der Waals surface area contributed by atoms with Gasteiger partial charge in [0.2, 0.25) is 0 Å². The maximum absolute atomic E-state index is 12.1. The molecule has 0 unspecified atom stereocenters. The first kappa shape index (κ1) is 17.8. The molecule has 1 aliphatic heterocycles. The minimum absolute atomic E-state index is 0.0904. The number of aryl methyl sites for hydroxylation is 1. The van der Waals surface area contributed by atoms with Crippen LogP contribution in [-0.2, 0) is 6.54 Å². The highest BCUT2D eigenvalue weighted by atomic mass is 19.4. The SMILES string of the molecule is C[C@@]1(COc2ccc(OC(F)(F)F)cc2)CCn2cc([N+](=O)[O-])nc2O1. The highest BCUT2D eigenvalue weighted by Crippen LogP contribution is 2.31. The number of nitro groups is 1. The van der Waals surface area contributed by atoms with Crippen molar-refractivity contribution in [3.63, 3.8) is 0 Å². The van der Waals surface area contributed by atoms with Crippen LogP contribution in [0.3, 0.4) is 0 Å². The lowest BCUT2D eigenvalue weighted by molar-refractivity contribution is -0.389. The van der Waals surface area contributed by atoms with Crippen LogP contribution >= 0.6 is 0 Å². The number of benzene rings is 1. The zero-order valence-electron chi connectivity index (χ0n) is 13.5. The number of hydrogen-bond acceptors (Lipinski definition) is 6. The second-order valence-corrected chi connectivity index (χ2v) is 5.94. The van der Waals surface area contributed by atoms with Gasteiger partial charge in [0.15, 0.2) is 0 Å². The van der Waals surface area contributed by atoms with Crippen LogP contribution in [0.2, 0.25) is 0 Å². The van der Waals surface area contributed by atoms with Crippen LogP contribution < -0.4 is 14.2 Å². The lowest BCUT2D eigenvalue weighted by Gasteiger charge is -2.32. The van der Waals surface area contributed by atoms with E-state index in [-0.39, 0.29) is 24.2 Å². The Labute approximate surface area is 145 Å². The number of ether oxygens (including phenoxy) is 3. The molecule has 0 amide bonds. The van der Waals surface area contributed by atoms with Gasteiger partial charge in [-0.3, -0.25) is 4.57 Å². The Morgan fingerprint density at radius 3 is 2.62 bits per heavy atom. The third-order valence-corrected chi connectivity index (χ3v) is 3.73. The van der Waals surface area contributed by atoms with Crippen LogP contribution in [0, 0.1) is 10.1 Å². The van der Waals surface area contributed by atoms with Crippen molar-refractivity contribution >= 4 is 5.82 Å². The van der Waals surface area contributed by atoms with Gasteiger partial charge in [-0.15, -0.1) is 13.2 Å². The van der Waals surface area contributed by atoms with Crippen LogP contribution in [0.5, 0.6) is 17.5 Å². The van der Waals surface area contributed by atoms with Crippen LogP contribution in [0.1, 0.15) is 13.3 Å². The van der Waals surface area contributed by atoms with E-state index >= 15 is 0 Å². The summed E-state index contributed by atoms with van der Waals surface area (Å²) >= 11 is 0. The molecule has 0 saturated heterocycles. The summed E-state index contributed by atoms with van der Waals surface area (Å²) in [5.41, 5.74) is -0.781. The standard InChI is InChI=1S/C15H14F3N3O5/c1-14(6-7-20-8-12(21(22)23)19-13(20)26-14)9-24-10-2-4-11(5-3-10)25-15(16,17)18/h2-5,8H,6-7,9H2,1H3/t14-/m0/s1. The Morgan fingerprint density at radius 1 is 1.35 bits per heavy atom. The van der Waals surface area contributed by atoms with E-state index in [1.54, 1.807) is 11.5 Å². The Kier molecular flexibility index (Phi) is 4.38. The van der Waals surface area contributed by atoms with Crippen LogP contribution in [0.4, 0.5) is 19.0 Å². The molecule has 1 aromatic carbocycles. The molecule has 2 heterocycles. The van der Waals surface area contributed by atoms with E-state index in [0.717, 1.165) is 12.1 Å². The molecule has 0 bridgehead atoms. The number of aromatic nitrogens is 2.